The fraction of sp³-hybridized carbons (Fsp3) is 0.208. The van der Waals surface area contributed by atoms with Crippen LogP contribution in [0.15, 0.2) is 78.9 Å². The minimum Gasteiger partial charge on any atom is -0.489 e. The Bertz CT molecular complexity index is 1100. The number of rotatable bonds is 9. The van der Waals surface area contributed by atoms with E-state index in [-0.39, 0.29) is 12.5 Å². The van der Waals surface area contributed by atoms with Gasteiger partial charge in [-0.25, -0.2) is 8.42 Å². The number of carbonyl (C=O) groups is 1. The lowest BCUT2D eigenvalue weighted by Crippen LogP contribution is -2.40. The highest BCUT2D eigenvalue weighted by atomic mass is 32.2. The highest BCUT2D eigenvalue weighted by Gasteiger charge is 2.20. The molecule has 0 atom stereocenters. The monoisotopic (exact) mass is 438 g/mol. The molecule has 0 unspecified atom stereocenters. The smallest absolute Gasteiger partial charge is 0.241 e. The van der Waals surface area contributed by atoms with E-state index in [1.54, 1.807) is 24.3 Å². The second-order valence-corrected chi connectivity index (χ2v) is 9.21. The first-order valence-electron chi connectivity index (χ1n) is 9.88. The molecule has 0 saturated heterocycles. The molecule has 0 aliphatic heterocycles. The van der Waals surface area contributed by atoms with Gasteiger partial charge < -0.3 is 10.1 Å². The molecule has 0 radical (unpaired) electrons. The minimum atomic E-state index is -3.64. The summed E-state index contributed by atoms with van der Waals surface area (Å²) in [7, 11) is -3.64. The van der Waals surface area contributed by atoms with Crippen LogP contribution < -0.4 is 14.4 Å². The topological polar surface area (TPSA) is 75.7 Å². The number of benzene rings is 3. The number of nitrogens with zero attached hydrogens (tertiary/aromatic N) is 1. The van der Waals surface area contributed by atoms with Crippen molar-refractivity contribution in [2.24, 2.45) is 0 Å². The van der Waals surface area contributed by atoms with Gasteiger partial charge in [0, 0.05) is 6.54 Å². The molecule has 0 saturated carbocycles. The SMILES string of the molecule is Cc1ccc(CNC(=O)CN(c2ccc(OCc3ccccc3)cc2)S(C)(=O)=O)cc1. The van der Waals surface area contributed by atoms with Crippen molar-refractivity contribution in [2.45, 2.75) is 20.1 Å². The van der Waals surface area contributed by atoms with Crippen LogP contribution in [0.4, 0.5) is 5.69 Å². The van der Waals surface area contributed by atoms with E-state index in [1.807, 2.05) is 61.5 Å². The van der Waals surface area contributed by atoms with E-state index >= 15 is 0 Å². The summed E-state index contributed by atoms with van der Waals surface area (Å²) in [5.74, 6) is 0.236. The van der Waals surface area contributed by atoms with Crippen molar-refractivity contribution >= 4 is 21.6 Å². The van der Waals surface area contributed by atoms with Crippen molar-refractivity contribution in [3.63, 3.8) is 0 Å². The zero-order valence-electron chi connectivity index (χ0n) is 17.6. The van der Waals surface area contributed by atoms with Crippen LogP contribution in [-0.4, -0.2) is 27.1 Å². The van der Waals surface area contributed by atoms with Gasteiger partial charge in [-0.1, -0.05) is 60.2 Å². The van der Waals surface area contributed by atoms with Gasteiger partial charge >= 0.3 is 0 Å². The quantitative estimate of drug-likeness (QED) is 0.553. The maximum Gasteiger partial charge on any atom is 0.241 e. The van der Waals surface area contributed by atoms with E-state index < -0.39 is 10.0 Å². The Kier molecular flexibility index (Phi) is 7.31. The molecule has 3 aromatic rings. The average Bonchev–Trinajstić information content (AvgIpc) is 2.76. The van der Waals surface area contributed by atoms with Gasteiger partial charge in [-0.05, 0) is 42.3 Å². The third-order valence-electron chi connectivity index (χ3n) is 4.67. The van der Waals surface area contributed by atoms with Crippen LogP contribution in [0.3, 0.4) is 0 Å². The number of aryl methyl sites for hydroxylation is 1. The number of hydrogen-bond acceptors (Lipinski definition) is 4. The summed E-state index contributed by atoms with van der Waals surface area (Å²) in [5, 5.41) is 2.77. The highest BCUT2D eigenvalue weighted by molar-refractivity contribution is 7.92. The van der Waals surface area contributed by atoms with Crippen molar-refractivity contribution in [3.8, 4) is 5.75 Å². The predicted molar refractivity (Wildman–Crippen MR) is 122 cm³/mol. The average molecular weight is 439 g/mol. The standard InChI is InChI=1S/C24H26N2O4S/c1-19-8-10-20(11-9-19)16-25-24(27)17-26(31(2,28)29)22-12-14-23(15-13-22)30-18-21-6-4-3-5-7-21/h3-15H,16-18H2,1-2H3,(H,25,27). The first-order valence-corrected chi connectivity index (χ1v) is 11.7. The van der Waals surface area contributed by atoms with E-state index in [2.05, 4.69) is 5.32 Å². The largest absolute Gasteiger partial charge is 0.489 e. The van der Waals surface area contributed by atoms with Gasteiger partial charge in [-0.15, -0.1) is 0 Å². The number of anilines is 1. The molecule has 0 aromatic heterocycles. The Morgan fingerprint density at radius 1 is 0.903 bits per heavy atom. The number of hydrogen-bond donors (Lipinski definition) is 1. The maximum absolute atomic E-state index is 12.4. The van der Waals surface area contributed by atoms with Gasteiger partial charge in [0.2, 0.25) is 15.9 Å². The Labute approximate surface area is 183 Å². The maximum atomic E-state index is 12.4. The second kappa shape index (κ2) is 10.1. The van der Waals surface area contributed by atoms with Gasteiger partial charge in [-0.2, -0.15) is 0 Å². The fourth-order valence-corrected chi connectivity index (χ4v) is 3.80. The van der Waals surface area contributed by atoms with Crippen LogP contribution in [-0.2, 0) is 28.0 Å². The van der Waals surface area contributed by atoms with Crippen molar-refractivity contribution in [1.82, 2.24) is 5.32 Å². The van der Waals surface area contributed by atoms with Gasteiger partial charge in [-0.3, -0.25) is 9.10 Å². The van der Waals surface area contributed by atoms with Crippen LogP contribution in [0.25, 0.3) is 0 Å². The van der Waals surface area contributed by atoms with E-state index in [1.165, 1.54) is 0 Å². The van der Waals surface area contributed by atoms with E-state index in [9.17, 15) is 13.2 Å². The van der Waals surface area contributed by atoms with E-state index in [0.29, 0.717) is 24.6 Å². The van der Waals surface area contributed by atoms with Crippen LogP contribution in [0.1, 0.15) is 16.7 Å². The van der Waals surface area contributed by atoms with Gasteiger partial charge in [0.1, 0.15) is 18.9 Å². The van der Waals surface area contributed by atoms with Crippen LogP contribution in [0.5, 0.6) is 5.75 Å². The Balaban J connectivity index is 1.62. The summed E-state index contributed by atoms with van der Waals surface area (Å²) >= 11 is 0. The van der Waals surface area contributed by atoms with Crippen molar-refractivity contribution in [1.29, 1.82) is 0 Å². The molecule has 0 heterocycles. The third kappa shape index (κ3) is 6.86. The third-order valence-corrected chi connectivity index (χ3v) is 5.81. The molecule has 3 rings (SSSR count). The van der Waals surface area contributed by atoms with Crippen molar-refractivity contribution < 1.29 is 17.9 Å². The molecule has 0 fully saturated rings. The van der Waals surface area contributed by atoms with Crippen LogP contribution >= 0.6 is 0 Å². The number of sulfonamides is 1. The van der Waals surface area contributed by atoms with Crippen LogP contribution in [0.2, 0.25) is 0 Å². The summed E-state index contributed by atoms with van der Waals surface area (Å²) in [6.07, 6.45) is 1.08. The number of amides is 1. The number of ether oxygens (including phenoxy) is 1. The van der Waals surface area contributed by atoms with Gasteiger partial charge in [0.15, 0.2) is 0 Å². The van der Waals surface area contributed by atoms with Crippen molar-refractivity contribution in [2.75, 3.05) is 17.1 Å². The summed E-state index contributed by atoms with van der Waals surface area (Å²) in [6, 6.07) is 24.2. The van der Waals surface area contributed by atoms with Gasteiger partial charge in [0.25, 0.3) is 0 Å². The molecule has 6 nitrogen and oxygen atoms in total. The van der Waals surface area contributed by atoms with Crippen molar-refractivity contribution in [3.05, 3.63) is 95.6 Å². The molecule has 0 bridgehead atoms. The molecule has 0 aliphatic rings. The number of nitrogens with one attached hydrogen (secondary N) is 1. The summed E-state index contributed by atoms with van der Waals surface area (Å²) in [4.78, 5) is 12.4. The molecule has 0 aliphatic carbocycles. The zero-order valence-corrected chi connectivity index (χ0v) is 18.4. The van der Waals surface area contributed by atoms with E-state index in [4.69, 9.17) is 4.74 Å². The summed E-state index contributed by atoms with van der Waals surface area (Å²) < 4.78 is 31.4. The molecule has 1 N–H and O–H groups in total. The summed E-state index contributed by atoms with van der Waals surface area (Å²) in [5.41, 5.74) is 3.52. The molecule has 3 aromatic carbocycles. The Morgan fingerprint density at radius 2 is 1.55 bits per heavy atom. The number of carbonyl (C=O) groups excluding carboxylic acids is 1. The molecular formula is C24H26N2O4S. The molecule has 162 valence electrons. The Hall–Kier alpha value is -3.32. The highest BCUT2D eigenvalue weighted by Crippen LogP contribution is 2.22. The lowest BCUT2D eigenvalue weighted by atomic mass is 10.1. The van der Waals surface area contributed by atoms with Crippen LogP contribution in [0, 0.1) is 6.92 Å². The molecule has 1 amide bonds. The van der Waals surface area contributed by atoms with Gasteiger partial charge in [0.05, 0.1) is 11.9 Å². The van der Waals surface area contributed by atoms with E-state index in [0.717, 1.165) is 27.3 Å². The molecule has 31 heavy (non-hydrogen) atoms. The predicted octanol–water partition coefficient (Wildman–Crippen LogP) is 3.66. The molecule has 7 heteroatoms. The normalized spacial score (nSPS) is 11.0. The first kappa shape index (κ1) is 22.4. The minimum absolute atomic E-state index is 0.297. The lowest BCUT2D eigenvalue weighted by Gasteiger charge is -2.22. The fourth-order valence-electron chi connectivity index (χ4n) is 2.94. The molecular weight excluding hydrogens is 412 g/mol. The second-order valence-electron chi connectivity index (χ2n) is 7.30. The Morgan fingerprint density at radius 3 is 2.16 bits per heavy atom. The lowest BCUT2D eigenvalue weighted by molar-refractivity contribution is -0.119. The first-order chi connectivity index (χ1) is 14.8. The summed E-state index contributed by atoms with van der Waals surface area (Å²) in [6.45, 7) is 2.44. The zero-order chi connectivity index (χ0) is 22.3. The molecule has 0 spiro atoms.